The van der Waals surface area contributed by atoms with Gasteiger partial charge in [0.05, 0.1) is 24.3 Å². The molecule has 0 aliphatic rings. The van der Waals surface area contributed by atoms with Crippen molar-refractivity contribution >= 4 is 0 Å². The van der Waals surface area contributed by atoms with Crippen LogP contribution in [0.3, 0.4) is 0 Å². The lowest BCUT2D eigenvalue weighted by Gasteiger charge is -2.17. The summed E-state index contributed by atoms with van der Waals surface area (Å²) in [7, 11) is 1.95. The van der Waals surface area contributed by atoms with Gasteiger partial charge in [-0.05, 0) is 44.7 Å². The van der Waals surface area contributed by atoms with E-state index in [1.165, 1.54) is 12.1 Å². The Bertz CT molecular complexity index is 426. The molecule has 0 spiro atoms. The van der Waals surface area contributed by atoms with Gasteiger partial charge in [0, 0.05) is 13.1 Å². The molecule has 4 heteroatoms. The largest absolute Gasteiger partial charge is 0.377 e. The van der Waals surface area contributed by atoms with Crippen molar-refractivity contribution in [1.82, 2.24) is 4.90 Å². The van der Waals surface area contributed by atoms with Gasteiger partial charge in [-0.3, -0.25) is 4.90 Å². The molecule has 0 unspecified atom stereocenters. The highest BCUT2D eigenvalue weighted by Gasteiger charge is 2.04. The van der Waals surface area contributed by atoms with E-state index in [4.69, 9.17) is 10.00 Å². The van der Waals surface area contributed by atoms with E-state index in [2.05, 4.69) is 0 Å². The smallest absolute Gasteiger partial charge is 0.124 e. The van der Waals surface area contributed by atoms with Gasteiger partial charge in [0.25, 0.3) is 0 Å². The first kappa shape index (κ1) is 14.6. The van der Waals surface area contributed by atoms with E-state index in [9.17, 15) is 4.39 Å². The first-order valence-electron chi connectivity index (χ1n) is 6.01. The summed E-state index contributed by atoms with van der Waals surface area (Å²) in [4.78, 5) is 2.04. The predicted molar refractivity (Wildman–Crippen MR) is 68.5 cm³/mol. The van der Waals surface area contributed by atoms with Crippen LogP contribution in [0.4, 0.5) is 4.39 Å². The molecular weight excluding hydrogens is 231 g/mol. The Hall–Kier alpha value is -1.44. The van der Waals surface area contributed by atoms with Crippen LogP contribution in [0, 0.1) is 17.1 Å². The summed E-state index contributed by atoms with van der Waals surface area (Å²) in [6, 6.07) is 6.37. The highest BCUT2D eigenvalue weighted by Crippen LogP contribution is 2.10. The lowest BCUT2D eigenvalue weighted by molar-refractivity contribution is 0.0627. The zero-order valence-corrected chi connectivity index (χ0v) is 11.1. The highest BCUT2D eigenvalue weighted by molar-refractivity contribution is 5.33. The molecule has 0 aromatic heterocycles. The highest BCUT2D eigenvalue weighted by atomic mass is 19.1. The number of nitrogens with zero attached hydrogens (tertiary/aromatic N) is 2. The number of hydrogen-bond donors (Lipinski definition) is 0. The number of hydrogen-bond acceptors (Lipinski definition) is 3. The molecule has 0 aliphatic heterocycles. The van der Waals surface area contributed by atoms with E-state index >= 15 is 0 Å². The topological polar surface area (TPSA) is 36.3 Å². The second-order valence-electron chi connectivity index (χ2n) is 4.62. The molecule has 1 aromatic carbocycles. The summed E-state index contributed by atoms with van der Waals surface area (Å²) in [5.41, 5.74) is 1.16. The summed E-state index contributed by atoms with van der Waals surface area (Å²) in [5.74, 6) is -0.365. The second-order valence-corrected chi connectivity index (χ2v) is 4.62. The van der Waals surface area contributed by atoms with Crippen molar-refractivity contribution in [3.63, 3.8) is 0 Å². The van der Waals surface area contributed by atoms with Gasteiger partial charge in [0.15, 0.2) is 0 Å². The van der Waals surface area contributed by atoms with E-state index < -0.39 is 0 Å². The zero-order chi connectivity index (χ0) is 13.5. The Balaban J connectivity index is 2.51. The van der Waals surface area contributed by atoms with Crippen LogP contribution in [0.2, 0.25) is 0 Å². The van der Waals surface area contributed by atoms with Crippen molar-refractivity contribution in [3.05, 3.63) is 35.1 Å². The summed E-state index contributed by atoms with van der Waals surface area (Å²) in [6.45, 7) is 6.01. The molecular formula is C14H19FN2O. The van der Waals surface area contributed by atoms with Gasteiger partial charge >= 0.3 is 0 Å². The Morgan fingerprint density at radius 3 is 2.72 bits per heavy atom. The van der Waals surface area contributed by atoms with Crippen LogP contribution < -0.4 is 0 Å². The summed E-state index contributed by atoms with van der Waals surface area (Å²) < 4.78 is 18.7. The van der Waals surface area contributed by atoms with E-state index in [0.717, 1.165) is 12.1 Å². The van der Waals surface area contributed by atoms with E-state index in [1.807, 2.05) is 31.9 Å². The predicted octanol–water partition coefficient (Wildman–Crippen LogP) is 2.55. The van der Waals surface area contributed by atoms with Gasteiger partial charge in [-0.15, -0.1) is 0 Å². The van der Waals surface area contributed by atoms with Crippen molar-refractivity contribution in [2.24, 2.45) is 0 Å². The fraction of sp³-hybridized carbons (Fsp3) is 0.500. The molecule has 0 saturated carbocycles. The van der Waals surface area contributed by atoms with Crippen molar-refractivity contribution in [2.45, 2.75) is 26.5 Å². The molecule has 1 aromatic rings. The van der Waals surface area contributed by atoms with Gasteiger partial charge in [-0.25, -0.2) is 4.39 Å². The van der Waals surface area contributed by atoms with Gasteiger partial charge in [-0.1, -0.05) is 0 Å². The lowest BCUT2D eigenvalue weighted by Crippen LogP contribution is -2.24. The number of rotatable bonds is 6. The number of nitriles is 1. The Morgan fingerprint density at radius 1 is 1.39 bits per heavy atom. The molecule has 18 heavy (non-hydrogen) atoms. The molecule has 0 heterocycles. The third-order valence-electron chi connectivity index (χ3n) is 2.46. The van der Waals surface area contributed by atoms with Gasteiger partial charge < -0.3 is 4.74 Å². The monoisotopic (exact) mass is 250 g/mol. The molecule has 3 nitrogen and oxygen atoms in total. The molecule has 0 amide bonds. The summed E-state index contributed by atoms with van der Waals surface area (Å²) >= 11 is 0. The molecule has 0 N–H and O–H groups in total. The van der Waals surface area contributed by atoms with Crippen LogP contribution in [-0.2, 0) is 11.3 Å². The minimum Gasteiger partial charge on any atom is -0.377 e. The first-order valence-corrected chi connectivity index (χ1v) is 6.01. The maximum Gasteiger partial charge on any atom is 0.124 e. The average molecular weight is 250 g/mol. The molecule has 0 radical (unpaired) electrons. The number of ether oxygens (including phenoxy) is 1. The molecule has 1 rings (SSSR count). The molecule has 0 bridgehead atoms. The molecule has 0 fully saturated rings. The van der Waals surface area contributed by atoms with Gasteiger partial charge in [-0.2, -0.15) is 5.26 Å². The van der Waals surface area contributed by atoms with Crippen LogP contribution in [-0.4, -0.2) is 31.2 Å². The van der Waals surface area contributed by atoms with Crippen molar-refractivity contribution in [2.75, 3.05) is 20.2 Å². The second kappa shape index (κ2) is 7.10. The Kier molecular flexibility index (Phi) is 5.76. The maximum atomic E-state index is 13.2. The van der Waals surface area contributed by atoms with Crippen LogP contribution in [0.5, 0.6) is 0 Å². The summed E-state index contributed by atoms with van der Waals surface area (Å²) in [6.07, 6.45) is 0.220. The number of benzene rings is 1. The first-order chi connectivity index (χ1) is 8.51. The maximum absolute atomic E-state index is 13.2. The van der Waals surface area contributed by atoms with Crippen molar-refractivity contribution in [3.8, 4) is 6.07 Å². The van der Waals surface area contributed by atoms with Crippen molar-refractivity contribution in [1.29, 1.82) is 5.26 Å². The van der Waals surface area contributed by atoms with E-state index in [-0.39, 0.29) is 11.9 Å². The van der Waals surface area contributed by atoms with Gasteiger partial charge in [0.2, 0.25) is 0 Å². The minimum absolute atomic E-state index is 0.220. The zero-order valence-electron chi connectivity index (χ0n) is 11.1. The standard InChI is InChI=1S/C14H19FN2O/c1-11(2)18-5-4-17(3)10-13-6-12(9-16)7-14(15)8-13/h6-8,11H,4-5,10H2,1-3H3. The Labute approximate surface area is 108 Å². The minimum atomic E-state index is -0.365. The molecule has 0 aliphatic carbocycles. The quantitative estimate of drug-likeness (QED) is 0.778. The Morgan fingerprint density at radius 2 is 2.11 bits per heavy atom. The number of likely N-dealkylation sites (N-methyl/N-ethyl adjacent to an activating group) is 1. The average Bonchev–Trinajstić information content (AvgIpc) is 2.27. The van der Waals surface area contributed by atoms with Crippen LogP contribution >= 0.6 is 0 Å². The lowest BCUT2D eigenvalue weighted by atomic mass is 10.1. The molecule has 98 valence electrons. The van der Waals surface area contributed by atoms with Crippen LogP contribution in [0.25, 0.3) is 0 Å². The fourth-order valence-corrected chi connectivity index (χ4v) is 1.64. The normalized spacial score (nSPS) is 10.9. The van der Waals surface area contributed by atoms with Gasteiger partial charge in [0.1, 0.15) is 5.82 Å². The fourth-order valence-electron chi connectivity index (χ4n) is 1.64. The molecule has 0 atom stereocenters. The van der Waals surface area contributed by atoms with E-state index in [0.29, 0.717) is 18.7 Å². The number of halogens is 1. The third-order valence-corrected chi connectivity index (χ3v) is 2.46. The third kappa shape index (κ3) is 5.26. The SMILES string of the molecule is CC(C)OCCN(C)Cc1cc(F)cc(C#N)c1. The van der Waals surface area contributed by atoms with E-state index in [1.54, 1.807) is 6.07 Å². The molecule has 0 saturated heterocycles. The van der Waals surface area contributed by atoms with Crippen molar-refractivity contribution < 1.29 is 9.13 Å². The summed E-state index contributed by atoms with van der Waals surface area (Å²) in [5, 5.41) is 8.77. The van der Waals surface area contributed by atoms with Crippen LogP contribution in [0.1, 0.15) is 25.0 Å². The van der Waals surface area contributed by atoms with Crippen LogP contribution in [0.15, 0.2) is 18.2 Å².